The summed E-state index contributed by atoms with van der Waals surface area (Å²) >= 11 is 0. The zero-order valence-corrected chi connectivity index (χ0v) is 35.2. The maximum absolute atomic E-state index is 5.68. The fourth-order valence-electron chi connectivity index (χ4n) is 5.60. The van der Waals surface area contributed by atoms with Gasteiger partial charge in [-0.05, 0) is 25.7 Å². The van der Waals surface area contributed by atoms with Crippen molar-refractivity contribution in [3.8, 4) is 0 Å². The Balaban J connectivity index is 1.59. The van der Waals surface area contributed by atoms with Gasteiger partial charge in [0, 0.05) is 13.2 Å². The first-order chi connectivity index (χ1) is 27.4. The monoisotopic (exact) mass is 797 g/mol. The van der Waals surface area contributed by atoms with E-state index in [0.717, 1.165) is 32.5 Å². The molecule has 1 atom stereocenters. The molecule has 1 aliphatic heterocycles. The van der Waals surface area contributed by atoms with E-state index in [1.165, 1.54) is 83.5 Å². The molecule has 55 heavy (non-hydrogen) atoms. The van der Waals surface area contributed by atoms with E-state index in [4.69, 9.17) is 61.6 Å². The topological polar surface area (TPSA) is 120 Å². The fraction of sp³-hybridized carbons (Fsp3) is 1.00. The molecule has 0 radical (unpaired) electrons. The molecule has 13 nitrogen and oxygen atoms in total. The van der Waals surface area contributed by atoms with Crippen molar-refractivity contribution in [1.29, 1.82) is 0 Å². The van der Waals surface area contributed by atoms with Gasteiger partial charge in [0.05, 0.1) is 145 Å². The third-order valence-corrected chi connectivity index (χ3v) is 8.78. The molecule has 1 unspecified atom stereocenters. The first kappa shape index (κ1) is 52.5. The van der Waals surface area contributed by atoms with Crippen LogP contribution in [-0.4, -0.2) is 165 Å². The summed E-state index contributed by atoms with van der Waals surface area (Å²) in [4.78, 5) is 0. The SMILES string of the molecule is CCCCCCCCCCCCCCCOCCOCCOCCOCCOCCOCCOCCOCCOCCOCCOCCOC1CCCCO1. The molecule has 1 aliphatic rings. The van der Waals surface area contributed by atoms with E-state index in [0.29, 0.717) is 145 Å². The quantitative estimate of drug-likeness (QED) is 0.0601. The van der Waals surface area contributed by atoms with Gasteiger partial charge in [0.1, 0.15) is 0 Å². The van der Waals surface area contributed by atoms with Crippen LogP contribution >= 0.6 is 0 Å². The Morgan fingerprint density at radius 1 is 0.309 bits per heavy atom. The van der Waals surface area contributed by atoms with Crippen LogP contribution in [-0.2, 0) is 61.6 Å². The largest absolute Gasteiger partial charge is 0.379 e. The summed E-state index contributed by atoms with van der Waals surface area (Å²) in [6.45, 7) is 15.8. The van der Waals surface area contributed by atoms with Crippen LogP contribution in [0.25, 0.3) is 0 Å². The Kier molecular flexibility index (Phi) is 45.7. The smallest absolute Gasteiger partial charge is 0.157 e. The number of ether oxygens (including phenoxy) is 13. The van der Waals surface area contributed by atoms with E-state index in [2.05, 4.69) is 6.92 Å². The van der Waals surface area contributed by atoms with Crippen LogP contribution in [0.1, 0.15) is 110 Å². The maximum atomic E-state index is 5.68. The van der Waals surface area contributed by atoms with Gasteiger partial charge in [-0.1, -0.05) is 84.0 Å². The summed E-state index contributed by atoms with van der Waals surface area (Å²) in [5, 5.41) is 0. The van der Waals surface area contributed by atoms with Crippen LogP contribution in [0.15, 0.2) is 0 Å². The van der Waals surface area contributed by atoms with Crippen molar-refractivity contribution in [3.63, 3.8) is 0 Å². The molecule has 1 saturated heterocycles. The molecular formula is C42H84O13. The van der Waals surface area contributed by atoms with Crippen LogP contribution in [0.3, 0.4) is 0 Å². The van der Waals surface area contributed by atoms with Gasteiger partial charge in [0.2, 0.25) is 0 Å². The van der Waals surface area contributed by atoms with Gasteiger partial charge in [-0.2, -0.15) is 0 Å². The molecule has 0 bridgehead atoms. The standard InChI is InChI=1S/C42H84O13/c1-2-3-4-5-6-7-8-9-10-11-12-13-15-18-43-20-21-44-22-23-45-24-25-46-26-27-47-28-29-48-30-31-49-32-33-50-34-35-51-36-37-52-38-39-53-40-41-55-42-17-14-16-19-54-42/h42H,2-41H2,1H3. The Morgan fingerprint density at radius 3 is 0.873 bits per heavy atom. The van der Waals surface area contributed by atoms with E-state index in [1.54, 1.807) is 0 Å². The molecule has 0 spiro atoms. The normalized spacial score (nSPS) is 14.7. The van der Waals surface area contributed by atoms with Crippen molar-refractivity contribution in [2.75, 3.05) is 159 Å². The van der Waals surface area contributed by atoms with E-state index < -0.39 is 0 Å². The van der Waals surface area contributed by atoms with Crippen molar-refractivity contribution in [3.05, 3.63) is 0 Å². The minimum atomic E-state index is -0.0644. The zero-order valence-electron chi connectivity index (χ0n) is 35.2. The van der Waals surface area contributed by atoms with Gasteiger partial charge in [0.15, 0.2) is 6.29 Å². The lowest BCUT2D eigenvalue weighted by molar-refractivity contribution is -0.169. The highest BCUT2D eigenvalue weighted by molar-refractivity contribution is 4.54. The van der Waals surface area contributed by atoms with Gasteiger partial charge < -0.3 is 61.6 Å². The molecule has 1 heterocycles. The molecule has 1 rings (SSSR count). The summed E-state index contributed by atoms with van der Waals surface area (Å²) < 4.78 is 72.0. The van der Waals surface area contributed by atoms with Crippen molar-refractivity contribution in [2.24, 2.45) is 0 Å². The first-order valence-corrected chi connectivity index (χ1v) is 22.0. The summed E-state index contributed by atoms with van der Waals surface area (Å²) in [6, 6.07) is 0. The molecule has 0 amide bonds. The minimum Gasteiger partial charge on any atom is -0.379 e. The lowest BCUT2D eigenvalue weighted by Crippen LogP contribution is -2.24. The summed E-state index contributed by atoms with van der Waals surface area (Å²) in [7, 11) is 0. The van der Waals surface area contributed by atoms with Crippen LogP contribution in [0, 0.1) is 0 Å². The van der Waals surface area contributed by atoms with Crippen molar-refractivity contribution in [2.45, 2.75) is 116 Å². The molecule has 0 saturated carbocycles. The van der Waals surface area contributed by atoms with E-state index in [1.807, 2.05) is 0 Å². The van der Waals surface area contributed by atoms with E-state index >= 15 is 0 Å². The van der Waals surface area contributed by atoms with Gasteiger partial charge >= 0.3 is 0 Å². The Labute approximate surface area is 335 Å². The Bertz CT molecular complexity index is 688. The minimum absolute atomic E-state index is 0.0644. The molecule has 0 aliphatic carbocycles. The van der Waals surface area contributed by atoms with Crippen LogP contribution in [0.5, 0.6) is 0 Å². The average Bonchev–Trinajstić information content (AvgIpc) is 3.21. The predicted octanol–water partition coefficient (Wildman–Crippen LogP) is 6.80. The maximum Gasteiger partial charge on any atom is 0.157 e. The summed E-state index contributed by atoms with van der Waals surface area (Å²) in [6.07, 6.45) is 21.0. The number of hydrogen-bond acceptors (Lipinski definition) is 13. The number of unbranched alkanes of at least 4 members (excludes halogenated alkanes) is 12. The van der Waals surface area contributed by atoms with Crippen LogP contribution < -0.4 is 0 Å². The molecule has 0 N–H and O–H groups in total. The van der Waals surface area contributed by atoms with Crippen molar-refractivity contribution < 1.29 is 61.6 Å². The second kappa shape index (κ2) is 47.9. The lowest BCUT2D eigenvalue weighted by atomic mass is 10.0. The lowest BCUT2D eigenvalue weighted by Gasteiger charge is -2.22. The highest BCUT2D eigenvalue weighted by Crippen LogP contribution is 2.14. The van der Waals surface area contributed by atoms with Crippen LogP contribution in [0.2, 0.25) is 0 Å². The summed E-state index contributed by atoms with van der Waals surface area (Å²) in [5.41, 5.74) is 0. The zero-order chi connectivity index (χ0) is 39.1. The Morgan fingerprint density at radius 2 is 0.582 bits per heavy atom. The molecule has 330 valence electrons. The third-order valence-electron chi connectivity index (χ3n) is 8.78. The second-order valence-corrected chi connectivity index (χ2v) is 13.6. The van der Waals surface area contributed by atoms with Gasteiger partial charge in [-0.15, -0.1) is 0 Å². The van der Waals surface area contributed by atoms with E-state index in [-0.39, 0.29) is 6.29 Å². The number of rotatable bonds is 48. The molecule has 0 aromatic heterocycles. The molecule has 1 fully saturated rings. The van der Waals surface area contributed by atoms with Crippen molar-refractivity contribution in [1.82, 2.24) is 0 Å². The van der Waals surface area contributed by atoms with Crippen molar-refractivity contribution >= 4 is 0 Å². The summed E-state index contributed by atoms with van der Waals surface area (Å²) in [5.74, 6) is 0. The molecule has 0 aromatic carbocycles. The highest BCUT2D eigenvalue weighted by Gasteiger charge is 2.13. The molecule has 13 heteroatoms. The average molecular weight is 797 g/mol. The second-order valence-electron chi connectivity index (χ2n) is 13.6. The molecular weight excluding hydrogens is 712 g/mol. The van der Waals surface area contributed by atoms with Crippen LogP contribution in [0.4, 0.5) is 0 Å². The first-order valence-electron chi connectivity index (χ1n) is 22.0. The molecule has 0 aromatic rings. The van der Waals surface area contributed by atoms with E-state index in [9.17, 15) is 0 Å². The third kappa shape index (κ3) is 44.4. The number of hydrogen-bond donors (Lipinski definition) is 0. The van der Waals surface area contributed by atoms with Gasteiger partial charge in [-0.25, -0.2) is 0 Å². The fourth-order valence-corrected chi connectivity index (χ4v) is 5.60. The van der Waals surface area contributed by atoms with Gasteiger partial charge in [0.25, 0.3) is 0 Å². The predicted molar refractivity (Wildman–Crippen MR) is 214 cm³/mol. The van der Waals surface area contributed by atoms with Gasteiger partial charge in [-0.3, -0.25) is 0 Å². The highest BCUT2D eigenvalue weighted by atomic mass is 16.7. The Hall–Kier alpha value is -0.520.